The molecule has 0 bridgehead atoms. The lowest BCUT2D eigenvalue weighted by atomic mass is 10.0. The molecular formula is C15H29NO3. The van der Waals surface area contributed by atoms with Gasteiger partial charge >= 0.3 is 5.97 Å². The lowest BCUT2D eigenvalue weighted by Gasteiger charge is -2.10. The first-order chi connectivity index (χ1) is 9.06. The van der Waals surface area contributed by atoms with Crippen LogP contribution in [0.4, 0.5) is 0 Å². The molecule has 2 N–H and O–H groups in total. The number of ether oxygens (including phenoxy) is 1. The smallest absolute Gasteiger partial charge is 0.302 e. The number of carbonyl (C=O) groups is 2. The fourth-order valence-corrected chi connectivity index (χ4v) is 1.96. The van der Waals surface area contributed by atoms with Crippen molar-refractivity contribution in [1.29, 1.82) is 0 Å². The van der Waals surface area contributed by atoms with Gasteiger partial charge < -0.3 is 10.5 Å². The van der Waals surface area contributed by atoms with Crippen LogP contribution in [0.25, 0.3) is 0 Å². The van der Waals surface area contributed by atoms with Crippen molar-refractivity contribution >= 4 is 11.8 Å². The summed E-state index contributed by atoms with van der Waals surface area (Å²) in [6.07, 6.45) is 9.34. The van der Waals surface area contributed by atoms with Crippen LogP contribution in [0.3, 0.4) is 0 Å². The summed E-state index contributed by atoms with van der Waals surface area (Å²) >= 11 is 0. The van der Waals surface area contributed by atoms with E-state index < -0.39 is 0 Å². The van der Waals surface area contributed by atoms with Crippen LogP contribution in [0.1, 0.15) is 71.6 Å². The van der Waals surface area contributed by atoms with Crippen LogP contribution in [0.15, 0.2) is 0 Å². The highest BCUT2D eigenvalue weighted by molar-refractivity contribution is 5.79. The van der Waals surface area contributed by atoms with Gasteiger partial charge in [-0.3, -0.25) is 9.59 Å². The molecule has 4 heteroatoms. The first kappa shape index (κ1) is 18.1. The molecule has 0 amide bonds. The maximum Gasteiger partial charge on any atom is 0.302 e. The van der Waals surface area contributed by atoms with Gasteiger partial charge in [0.1, 0.15) is 12.4 Å². The Balaban J connectivity index is 3.40. The molecule has 0 saturated carbocycles. The monoisotopic (exact) mass is 271 g/mol. The summed E-state index contributed by atoms with van der Waals surface area (Å²) < 4.78 is 4.77. The third kappa shape index (κ3) is 13.3. The minimum Gasteiger partial charge on any atom is -0.464 e. The van der Waals surface area contributed by atoms with Gasteiger partial charge in [0, 0.05) is 25.8 Å². The largest absolute Gasteiger partial charge is 0.464 e. The molecule has 0 radical (unpaired) electrons. The average Bonchev–Trinajstić information content (AvgIpc) is 2.35. The van der Waals surface area contributed by atoms with Gasteiger partial charge in [-0.05, 0) is 6.42 Å². The number of rotatable bonds is 12. The molecule has 0 fully saturated rings. The van der Waals surface area contributed by atoms with Gasteiger partial charge in [0.05, 0.1) is 0 Å². The normalized spacial score (nSPS) is 12.2. The predicted octanol–water partition coefficient (Wildman–Crippen LogP) is 2.98. The van der Waals surface area contributed by atoms with E-state index in [1.165, 1.54) is 39.0 Å². The van der Waals surface area contributed by atoms with Crippen LogP contribution in [-0.2, 0) is 14.3 Å². The van der Waals surface area contributed by atoms with Gasteiger partial charge in [-0.15, -0.1) is 0 Å². The third-order valence-corrected chi connectivity index (χ3v) is 3.05. The molecule has 1 atom stereocenters. The SMILES string of the molecule is CCCCCCCCCC(=O)CC(N)COC(C)=O. The highest BCUT2D eigenvalue weighted by Gasteiger charge is 2.10. The Bertz CT molecular complexity index is 254. The molecule has 0 heterocycles. The van der Waals surface area contributed by atoms with Crippen LogP contribution < -0.4 is 5.73 Å². The first-order valence-electron chi connectivity index (χ1n) is 7.47. The van der Waals surface area contributed by atoms with Crippen molar-refractivity contribution in [2.24, 2.45) is 5.73 Å². The Kier molecular flexibility index (Phi) is 11.6. The van der Waals surface area contributed by atoms with Gasteiger partial charge in [0.25, 0.3) is 0 Å². The Morgan fingerprint density at radius 1 is 1.05 bits per heavy atom. The first-order valence-corrected chi connectivity index (χ1v) is 7.47. The minimum atomic E-state index is -0.360. The van der Waals surface area contributed by atoms with E-state index in [2.05, 4.69) is 6.92 Å². The molecule has 112 valence electrons. The fraction of sp³-hybridized carbons (Fsp3) is 0.867. The number of ketones is 1. The molecule has 19 heavy (non-hydrogen) atoms. The predicted molar refractivity (Wildman–Crippen MR) is 76.8 cm³/mol. The van der Waals surface area contributed by atoms with Crippen molar-refractivity contribution in [1.82, 2.24) is 0 Å². The van der Waals surface area contributed by atoms with Crippen LogP contribution in [-0.4, -0.2) is 24.4 Å². The summed E-state index contributed by atoms with van der Waals surface area (Å²) in [7, 11) is 0. The van der Waals surface area contributed by atoms with Crippen LogP contribution in [0.2, 0.25) is 0 Å². The Morgan fingerprint density at radius 3 is 2.21 bits per heavy atom. The summed E-state index contributed by atoms with van der Waals surface area (Å²) in [5, 5.41) is 0. The molecule has 4 nitrogen and oxygen atoms in total. The second-order valence-corrected chi connectivity index (χ2v) is 5.18. The van der Waals surface area contributed by atoms with Gasteiger partial charge in [-0.25, -0.2) is 0 Å². The molecule has 0 aliphatic heterocycles. The number of esters is 1. The molecule has 0 aliphatic rings. The molecule has 0 aromatic carbocycles. The van der Waals surface area contributed by atoms with E-state index in [9.17, 15) is 9.59 Å². The topological polar surface area (TPSA) is 69.4 Å². The number of hydrogen-bond donors (Lipinski definition) is 1. The molecule has 1 unspecified atom stereocenters. The van der Waals surface area contributed by atoms with Gasteiger partial charge in [0.2, 0.25) is 0 Å². The number of Topliss-reactive ketones (excluding diaryl/α,β-unsaturated/α-hetero) is 1. The molecule has 0 saturated heterocycles. The summed E-state index contributed by atoms with van der Waals surface area (Å²) in [6.45, 7) is 3.68. The molecule has 0 aromatic rings. The van der Waals surface area contributed by atoms with E-state index in [0.29, 0.717) is 12.8 Å². The zero-order valence-corrected chi connectivity index (χ0v) is 12.5. The van der Waals surface area contributed by atoms with Crippen LogP contribution in [0.5, 0.6) is 0 Å². The summed E-state index contributed by atoms with van der Waals surface area (Å²) in [6, 6.07) is -0.360. The Hall–Kier alpha value is -0.900. The number of carbonyl (C=O) groups excluding carboxylic acids is 2. The zero-order chi connectivity index (χ0) is 14.5. The van der Waals surface area contributed by atoms with Gasteiger partial charge in [0.15, 0.2) is 0 Å². The standard InChI is InChI=1S/C15H29NO3/c1-3-4-5-6-7-8-9-10-15(18)11-14(16)12-19-13(2)17/h14H,3-12,16H2,1-2H3. The van der Waals surface area contributed by atoms with E-state index in [-0.39, 0.29) is 24.4 Å². The van der Waals surface area contributed by atoms with Crippen LogP contribution >= 0.6 is 0 Å². The lowest BCUT2D eigenvalue weighted by Crippen LogP contribution is -2.29. The quantitative estimate of drug-likeness (QED) is 0.437. The second-order valence-electron chi connectivity index (χ2n) is 5.18. The molecular weight excluding hydrogens is 242 g/mol. The van der Waals surface area contributed by atoms with Crippen molar-refractivity contribution in [3.63, 3.8) is 0 Å². The number of hydrogen-bond acceptors (Lipinski definition) is 4. The summed E-state index contributed by atoms with van der Waals surface area (Å²) in [5.74, 6) is -0.178. The second kappa shape index (κ2) is 12.2. The maximum atomic E-state index is 11.6. The van der Waals surface area contributed by atoms with E-state index in [1.54, 1.807) is 0 Å². The van der Waals surface area contributed by atoms with E-state index in [0.717, 1.165) is 12.8 Å². The van der Waals surface area contributed by atoms with Gasteiger partial charge in [-0.1, -0.05) is 45.4 Å². The van der Waals surface area contributed by atoms with Crippen molar-refractivity contribution < 1.29 is 14.3 Å². The van der Waals surface area contributed by atoms with Crippen molar-refractivity contribution in [3.05, 3.63) is 0 Å². The van der Waals surface area contributed by atoms with E-state index in [1.807, 2.05) is 0 Å². The fourth-order valence-electron chi connectivity index (χ4n) is 1.96. The van der Waals surface area contributed by atoms with E-state index in [4.69, 9.17) is 10.5 Å². The molecule has 0 aliphatic carbocycles. The Morgan fingerprint density at radius 2 is 1.63 bits per heavy atom. The minimum absolute atomic E-state index is 0.137. The summed E-state index contributed by atoms with van der Waals surface area (Å²) in [4.78, 5) is 22.2. The Labute approximate surface area is 117 Å². The van der Waals surface area contributed by atoms with Gasteiger partial charge in [-0.2, -0.15) is 0 Å². The average molecular weight is 271 g/mol. The zero-order valence-electron chi connectivity index (χ0n) is 12.5. The highest BCUT2D eigenvalue weighted by atomic mass is 16.5. The molecule has 0 rings (SSSR count). The number of unbranched alkanes of at least 4 members (excludes halogenated alkanes) is 6. The van der Waals surface area contributed by atoms with Crippen LogP contribution in [0, 0.1) is 0 Å². The third-order valence-electron chi connectivity index (χ3n) is 3.05. The van der Waals surface area contributed by atoms with Crippen molar-refractivity contribution in [2.75, 3.05) is 6.61 Å². The number of nitrogens with two attached hydrogens (primary N) is 1. The lowest BCUT2D eigenvalue weighted by molar-refractivity contribution is -0.142. The van der Waals surface area contributed by atoms with E-state index >= 15 is 0 Å². The van der Waals surface area contributed by atoms with Crippen molar-refractivity contribution in [2.45, 2.75) is 77.7 Å². The molecule has 0 spiro atoms. The maximum absolute atomic E-state index is 11.6. The summed E-state index contributed by atoms with van der Waals surface area (Å²) in [5.41, 5.74) is 5.71. The molecule has 0 aromatic heterocycles. The highest BCUT2D eigenvalue weighted by Crippen LogP contribution is 2.09. The van der Waals surface area contributed by atoms with Crippen molar-refractivity contribution in [3.8, 4) is 0 Å².